The summed E-state index contributed by atoms with van der Waals surface area (Å²) in [5, 5.41) is 6.79. The van der Waals surface area contributed by atoms with Crippen LogP contribution in [0, 0.1) is 0 Å². The van der Waals surface area contributed by atoms with Gasteiger partial charge in [0.2, 0.25) is 15.9 Å². The van der Waals surface area contributed by atoms with Crippen LogP contribution in [0.2, 0.25) is 0 Å². The van der Waals surface area contributed by atoms with Crippen molar-refractivity contribution >= 4 is 50.0 Å². The van der Waals surface area contributed by atoms with Gasteiger partial charge in [0.15, 0.2) is 5.13 Å². The van der Waals surface area contributed by atoms with E-state index in [1.54, 1.807) is 50.9 Å². The van der Waals surface area contributed by atoms with E-state index in [0.717, 1.165) is 27.9 Å². The topological polar surface area (TPSA) is 127 Å². The molecule has 3 aromatic rings. The summed E-state index contributed by atoms with van der Waals surface area (Å²) in [4.78, 5) is 21.0. The molecule has 10 nitrogen and oxygen atoms in total. The summed E-state index contributed by atoms with van der Waals surface area (Å²) in [6.07, 6.45) is 4.59. The molecule has 2 aromatic heterocycles. The Balaban J connectivity index is 1.31. The first kappa shape index (κ1) is 30.4. The molecule has 1 aromatic carbocycles. The number of sulfonamides is 1. The Labute approximate surface area is 244 Å². The van der Waals surface area contributed by atoms with E-state index >= 15 is 0 Å². The average Bonchev–Trinajstić information content (AvgIpc) is 3.52. The van der Waals surface area contributed by atoms with Gasteiger partial charge in [0.25, 0.3) is 0 Å². The number of rotatable bonds is 8. The van der Waals surface area contributed by atoms with Gasteiger partial charge in [-0.25, -0.2) is 23.2 Å². The number of carbonyl (C=O) groups excluding carboxylic acids is 1. The Bertz CT molecular complexity index is 1410. The quantitative estimate of drug-likeness (QED) is 0.282. The molecule has 2 N–H and O–H groups in total. The number of piperidine rings is 1. The number of thioether (sulfide) groups is 1. The first-order valence-corrected chi connectivity index (χ1v) is 16.3. The molecule has 13 heteroatoms. The fraction of sp³-hybridized carbons (Fsp3) is 0.519. The van der Waals surface area contributed by atoms with Crippen LogP contribution in [0.1, 0.15) is 66.0 Å². The molecule has 1 aliphatic heterocycles. The van der Waals surface area contributed by atoms with Gasteiger partial charge in [-0.15, -0.1) is 11.8 Å². The summed E-state index contributed by atoms with van der Waals surface area (Å²) in [6, 6.07) is 6.08. The van der Waals surface area contributed by atoms with Crippen molar-refractivity contribution in [1.82, 2.24) is 14.3 Å². The summed E-state index contributed by atoms with van der Waals surface area (Å²) in [6.45, 7) is 12.4. The first-order chi connectivity index (χ1) is 18.7. The van der Waals surface area contributed by atoms with Gasteiger partial charge in [-0.1, -0.05) is 32.1 Å². The normalized spacial score (nSPS) is 17.0. The highest BCUT2D eigenvalue weighted by atomic mass is 32.2. The third kappa shape index (κ3) is 8.21. The summed E-state index contributed by atoms with van der Waals surface area (Å²) >= 11 is 3.14. The van der Waals surface area contributed by atoms with Crippen LogP contribution in [-0.2, 0) is 25.9 Å². The molecule has 0 bridgehead atoms. The van der Waals surface area contributed by atoms with E-state index < -0.39 is 21.7 Å². The number of ether oxygens (including phenoxy) is 1. The second-order valence-corrected chi connectivity index (χ2v) is 15.9. The smallest absolute Gasteiger partial charge is 0.412 e. The van der Waals surface area contributed by atoms with Crippen molar-refractivity contribution in [3.8, 4) is 0 Å². The Morgan fingerprint density at radius 3 is 2.52 bits per heavy atom. The number of nitrogens with one attached hydrogen (secondary N) is 2. The molecule has 40 heavy (non-hydrogen) atoms. The molecule has 0 saturated carbocycles. The number of anilines is 2. The van der Waals surface area contributed by atoms with E-state index in [9.17, 15) is 13.2 Å². The van der Waals surface area contributed by atoms with Crippen LogP contribution in [0.4, 0.5) is 15.6 Å². The second kappa shape index (κ2) is 12.1. The third-order valence-corrected chi connectivity index (χ3v) is 9.95. The minimum Gasteiger partial charge on any atom is -0.444 e. The minimum absolute atomic E-state index is 0.0540. The molecular formula is C27H37N5O5S3. The van der Waals surface area contributed by atoms with Gasteiger partial charge in [-0.05, 0) is 57.9 Å². The van der Waals surface area contributed by atoms with Crippen LogP contribution in [0.3, 0.4) is 0 Å². The summed E-state index contributed by atoms with van der Waals surface area (Å²) < 4.78 is 40.3. The zero-order valence-electron chi connectivity index (χ0n) is 23.7. The Kier molecular flexibility index (Phi) is 9.18. The lowest BCUT2D eigenvalue weighted by Crippen LogP contribution is -2.45. The number of nitrogens with zero attached hydrogens (tertiary/aromatic N) is 3. The standard InChI is InChI=1S/C27H37N5O5S3/c1-26(2,3)21-14-28-22(36-21)17-38-23-15-29-24(39-23)30-19-8-7-13-32(16-19)40(34,35)20-11-9-18(10-12-20)31-25(33)37-27(4,5)6/h9-12,14-15,19H,7-8,13,16-17H2,1-6H3,(H,29,30)(H,31,33)/t19-/m1/s1. The lowest BCUT2D eigenvalue weighted by molar-refractivity contribution is 0.0636. The minimum atomic E-state index is -3.69. The van der Waals surface area contributed by atoms with Crippen LogP contribution in [0.25, 0.3) is 0 Å². The first-order valence-electron chi connectivity index (χ1n) is 13.1. The average molecular weight is 608 g/mol. The Hall–Kier alpha value is -2.61. The molecule has 1 saturated heterocycles. The molecule has 0 radical (unpaired) electrons. The van der Waals surface area contributed by atoms with Crippen molar-refractivity contribution in [3.05, 3.63) is 48.3 Å². The van der Waals surface area contributed by atoms with Crippen LogP contribution in [-0.4, -0.2) is 53.5 Å². The van der Waals surface area contributed by atoms with E-state index in [0.29, 0.717) is 30.4 Å². The highest BCUT2D eigenvalue weighted by molar-refractivity contribution is 8.00. The van der Waals surface area contributed by atoms with Gasteiger partial charge < -0.3 is 14.5 Å². The Morgan fingerprint density at radius 1 is 1.15 bits per heavy atom. The van der Waals surface area contributed by atoms with Crippen molar-refractivity contribution in [1.29, 1.82) is 0 Å². The SMILES string of the molecule is CC(C)(C)OC(=O)Nc1ccc(S(=O)(=O)N2CCC[C@@H](Nc3ncc(SCc4ncc(C(C)(C)C)o4)s3)C2)cc1. The fourth-order valence-corrected chi connectivity index (χ4v) is 7.31. The van der Waals surface area contributed by atoms with E-state index in [-0.39, 0.29) is 16.4 Å². The van der Waals surface area contributed by atoms with Crippen LogP contribution < -0.4 is 10.6 Å². The predicted octanol–water partition coefficient (Wildman–Crippen LogP) is 6.33. The van der Waals surface area contributed by atoms with Crippen molar-refractivity contribution in [2.75, 3.05) is 23.7 Å². The van der Waals surface area contributed by atoms with Crippen LogP contribution in [0.5, 0.6) is 0 Å². The number of hydrogen-bond acceptors (Lipinski definition) is 10. The highest BCUT2D eigenvalue weighted by Crippen LogP contribution is 2.33. The van der Waals surface area contributed by atoms with Crippen molar-refractivity contribution in [3.63, 3.8) is 0 Å². The molecular weight excluding hydrogens is 571 g/mol. The van der Waals surface area contributed by atoms with Crippen molar-refractivity contribution in [2.45, 2.75) is 86.3 Å². The van der Waals surface area contributed by atoms with Crippen molar-refractivity contribution < 1.29 is 22.4 Å². The number of hydrogen-bond donors (Lipinski definition) is 2. The maximum atomic E-state index is 13.3. The molecule has 0 spiro atoms. The summed E-state index contributed by atoms with van der Waals surface area (Å²) in [5.74, 6) is 2.15. The maximum Gasteiger partial charge on any atom is 0.412 e. The lowest BCUT2D eigenvalue weighted by Gasteiger charge is -2.32. The van der Waals surface area contributed by atoms with Crippen molar-refractivity contribution in [2.24, 2.45) is 0 Å². The maximum absolute atomic E-state index is 13.3. The molecule has 1 amide bonds. The van der Waals surface area contributed by atoms with E-state index in [4.69, 9.17) is 9.15 Å². The van der Waals surface area contributed by atoms with E-state index in [1.807, 2.05) is 6.20 Å². The van der Waals surface area contributed by atoms with Gasteiger partial charge in [-0.3, -0.25) is 5.32 Å². The van der Waals surface area contributed by atoms with Gasteiger partial charge in [0.05, 0.1) is 27.3 Å². The third-order valence-electron chi connectivity index (χ3n) is 5.96. The molecule has 1 atom stereocenters. The largest absolute Gasteiger partial charge is 0.444 e. The van der Waals surface area contributed by atoms with Gasteiger partial charge >= 0.3 is 6.09 Å². The number of aromatic nitrogens is 2. The molecule has 0 unspecified atom stereocenters. The molecule has 218 valence electrons. The molecule has 4 rings (SSSR count). The van der Waals surface area contributed by atoms with Crippen LogP contribution >= 0.6 is 23.1 Å². The number of carbonyl (C=O) groups is 1. The monoisotopic (exact) mass is 607 g/mol. The highest BCUT2D eigenvalue weighted by Gasteiger charge is 2.31. The predicted molar refractivity (Wildman–Crippen MR) is 159 cm³/mol. The van der Waals surface area contributed by atoms with E-state index in [2.05, 4.69) is 41.4 Å². The number of benzene rings is 1. The lowest BCUT2D eigenvalue weighted by atomic mass is 9.94. The van der Waals surface area contributed by atoms with Gasteiger partial charge in [0.1, 0.15) is 11.4 Å². The van der Waals surface area contributed by atoms with Crippen LogP contribution in [0.15, 0.2) is 50.2 Å². The summed E-state index contributed by atoms with van der Waals surface area (Å²) in [5.41, 5.74) is -0.248. The molecule has 1 fully saturated rings. The van der Waals surface area contributed by atoms with Gasteiger partial charge in [-0.2, -0.15) is 4.31 Å². The molecule has 1 aliphatic rings. The Morgan fingerprint density at radius 2 is 1.88 bits per heavy atom. The fourth-order valence-electron chi connectivity index (χ4n) is 3.98. The molecule has 3 heterocycles. The van der Waals surface area contributed by atoms with E-state index in [1.165, 1.54) is 27.8 Å². The number of thiazole rings is 1. The zero-order chi connectivity index (χ0) is 29.1. The zero-order valence-corrected chi connectivity index (χ0v) is 26.1. The van der Waals surface area contributed by atoms with Gasteiger partial charge in [0, 0.05) is 30.2 Å². The number of oxazole rings is 1. The number of amides is 1. The molecule has 0 aliphatic carbocycles. The second-order valence-electron chi connectivity index (χ2n) is 11.6. The summed E-state index contributed by atoms with van der Waals surface area (Å²) in [7, 11) is -3.69.